The predicted molar refractivity (Wildman–Crippen MR) is 82.9 cm³/mol. The number of amides is 1. The molecular weight excluding hydrogens is 280 g/mol. The molecule has 116 valence electrons. The van der Waals surface area contributed by atoms with Gasteiger partial charge < -0.3 is 5.32 Å². The minimum Gasteiger partial charge on any atom is -0.352 e. The fourth-order valence-electron chi connectivity index (χ4n) is 3.05. The summed E-state index contributed by atoms with van der Waals surface area (Å²) in [6.07, 6.45) is 3.39. The second-order valence-electron chi connectivity index (χ2n) is 6.75. The normalized spacial score (nSPS) is 23.7. The third-order valence-electron chi connectivity index (χ3n) is 4.88. The Morgan fingerprint density at radius 3 is 2.86 bits per heavy atom. The second-order valence-corrected chi connectivity index (χ2v) is 6.75. The number of carbonyl (C=O) groups excluding carboxylic acids is 1. The molecule has 0 bridgehead atoms. The molecule has 0 spiro atoms. The standard InChI is InChI=1S/C16H20N4O2/c1-8-5-10(8)7-17-15(21)11-6-12(9-3-4-9)18-14-13(11)16(22)19-20(14)2/h6,8-10H,3-5,7H2,1-2H3,(H,17,21)(H,19,22)/t8-,10+/m1/s1. The Kier molecular flexibility index (Phi) is 2.89. The number of fused-ring (bicyclic) bond motifs is 1. The van der Waals surface area contributed by atoms with E-state index in [1.807, 2.05) is 0 Å². The van der Waals surface area contributed by atoms with Crippen molar-refractivity contribution in [3.05, 3.63) is 27.7 Å². The van der Waals surface area contributed by atoms with Crippen LogP contribution >= 0.6 is 0 Å². The van der Waals surface area contributed by atoms with Gasteiger partial charge in [-0.3, -0.25) is 19.4 Å². The first-order valence-electron chi connectivity index (χ1n) is 7.92. The maximum Gasteiger partial charge on any atom is 0.274 e. The van der Waals surface area contributed by atoms with Gasteiger partial charge in [0.2, 0.25) is 0 Å². The zero-order valence-corrected chi connectivity index (χ0v) is 12.8. The lowest BCUT2D eigenvalue weighted by Crippen LogP contribution is -2.27. The van der Waals surface area contributed by atoms with Gasteiger partial charge in [-0.15, -0.1) is 0 Å². The van der Waals surface area contributed by atoms with E-state index in [1.54, 1.807) is 17.8 Å². The Labute approximate surface area is 127 Å². The number of pyridine rings is 1. The summed E-state index contributed by atoms with van der Waals surface area (Å²) in [5.74, 6) is 1.55. The quantitative estimate of drug-likeness (QED) is 0.898. The molecule has 2 fully saturated rings. The van der Waals surface area contributed by atoms with Crippen molar-refractivity contribution in [3.8, 4) is 0 Å². The summed E-state index contributed by atoms with van der Waals surface area (Å²) in [5.41, 5.74) is 1.70. The SMILES string of the molecule is C[C@@H]1C[C@H]1CNC(=O)c1cc(C2CC2)nc2c1c(=O)[nH]n2C. The highest BCUT2D eigenvalue weighted by molar-refractivity contribution is 6.05. The van der Waals surface area contributed by atoms with Crippen LogP contribution in [-0.2, 0) is 7.05 Å². The van der Waals surface area contributed by atoms with Crippen LogP contribution in [0.1, 0.15) is 48.2 Å². The van der Waals surface area contributed by atoms with Crippen molar-refractivity contribution < 1.29 is 4.79 Å². The summed E-state index contributed by atoms with van der Waals surface area (Å²) in [4.78, 5) is 29.3. The zero-order valence-electron chi connectivity index (χ0n) is 12.8. The third-order valence-corrected chi connectivity index (χ3v) is 4.88. The van der Waals surface area contributed by atoms with E-state index in [4.69, 9.17) is 0 Å². The Balaban J connectivity index is 1.73. The molecule has 2 N–H and O–H groups in total. The van der Waals surface area contributed by atoms with Crippen molar-refractivity contribution in [1.29, 1.82) is 0 Å². The van der Waals surface area contributed by atoms with Crippen LogP contribution in [0.25, 0.3) is 11.0 Å². The van der Waals surface area contributed by atoms with Gasteiger partial charge in [-0.05, 0) is 37.2 Å². The summed E-state index contributed by atoms with van der Waals surface area (Å²) in [6.45, 7) is 2.88. The molecule has 22 heavy (non-hydrogen) atoms. The first-order chi connectivity index (χ1) is 10.5. The molecule has 2 aliphatic carbocycles. The molecule has 2 aliphatic rings. The lowest BCUT2D eigenvalue weighted by atomic mass is 10.1. The zero-order chi connectivity index (χ0) is 15.4. The van der Waals surface area contributed by atoms with Crippen LogP contribution in [0.4, 0.5) is 0 Å². The summed E-state index contributed by atoms with van der Waals surface area (Å²) in [7, 11) is 1.75. The maximum absolute atomic E-state index is 12.6. The van der Waals surface area contributed by atoms with Crippen LogP contribution in [0, 0.1) is 11.8 Å². The van der Waals surface area contributed by atoms with E-state index in [9.17, 15) is 9.59 Å². The minimum atomic E-state index is -0.253. The molecule has 6 nitrogen and oxygen atoms in total. The van der Waals surface area contributed by atoms with Gasteiger partial charge in [-0.2, -0.15) is 0 Å². The van der Waals surface area contributed by atoms with E-state index in [2.05, 4.69) is 22.3 Å². The summed E-state index contributed by atoms with van der Waals surface area (Å²) in [6, 6.07) is 1.81. The van der Waals surface area contributed by atoms with Gasteiger partial charge in [-0.1, -0.05) is 6.92 Å². The Hall–Kier alpha value is -2.11. The van der Waals surface area contributed by atoms with E-state index < -0.39 is 0 Å². The van der Waals surface area contributed by atoms with E-state index in [0.717, 1.165) is 18.5 Å². The van der Waals surface area contributed by atoms with Crippen molar-refractivity contribution in [1.82, 2.24) is 20.1 Å². The lowest BCUT2D eigenvalue weighted by Gasteiger charge is -2.08. The Morgan fingerprint density at radius 2 is 2.23 bits per heavy atom. The van der Waals surface area contributed by atoms with Crippen molar-refractivity contribution in [3.63, 3.8) is 0 Å². The maximum atomic E-state index is 12.6. The summed E-state index contributed by atoms with van der Waals surface area (Å²) >= 11 is 0. The number of rotatable bonds is 4. The van der Waals surface area contributed by atoms with Crippen LogP contribution in [0.3, 0.4) is 0 Å². The number of aromatic nitrogens is 3. The number of aryl methyl sites for hydroxylation is 1. The lowest BCUT2D eigenvalue weighted by molar-refractivity contribution is 0.0953. The van der Waals surface area contributed by atoms with Gasteiger partial charge in [0.25, 0.3) is 11.5 Å². The molecule has 0 radical (unpaired) electrons. The van der Waals surface area contributed by atoms with Crippen molar-refractivity contribution >= 4 is 16.9 Å². The number of aromatic amines is 1. The Morgan fingerprint density at radius 1 is 1.50 bits per heavy atom. The van der Waals surface area contributed by atoms with Gasteiger partial charge in [0, 0.05) is 25.2 Å². The van der Waals surface area contributed by atoms with Crippen LogP contribution in [0.2, 0.25) is 0 Å². The van der Waals surface area contributed by atoms with Crippen LogP contribution in [0.5, 0.6) is 0 Å². The topological polar surface area (TPSA) is 79.8 Å². The molecule has 0 aromatic carbocycles. The van der Waals surface area contributed by atoms with Crippen LogP contribution in [-0.4, -0.2) is 27.2 Å². The predicted octanol–water partition coefficient (Wildman–Crippen LogP) is 1.52. The monoisotopic (exact) mass is 300 g/mol. The number of nitrogens with one attached hydrogen (secondary N) is 2. The van der Waals surface area contributed by atoms with Gasteiger partial charge in [-0.25, -0.2) is 4.98 Å². The van der Waals surface area contributed by atoms with Gasteiger partial charge in [0.1, 0.15) is 0 Å². The molecule has 2 heterocycles. The average Bonchev–Trinajstić information content (AvgIpc) is 3.39. The molecule has 2 aromatic heterocycles. The average molecular weight is 300 g/mol. The highest BCUT2D eigenvalue weighted by atomic mass is 16.2. The number of H-pyrrole nitrogens is 1. The molecule has 2 atom stereocenters. The Bertz CT molecular complexity index is 815. The molecule has 4 rings (SSSR count). The van der Waals surface area contributed by atoms with Crippen molar-refractivity contribution in [2.45, 2.75) is 32.1 Å². The molecule has 6 heteroatoms. The number of hydrogen-bond donors (Lipinski definition) is 2. The van der Waals surface area contributed by atoms with E-state index >= 15 is 0 Å². The molecule has 0 aliphatic heterocycles. The molecule has 0 saturated heterocycles. The molecule has 1 amide bonds. The van der Waals surface area contributed by atoms with Crippen molar-refractivity contribution in [2.24, 2.45) is 18.9 Å². The molecular formula is C16H20N4O2. The van der Waals surface area contributed by atoms with Gasteiger partial charge >= 0.3 is 0 Å². The summed E-state index contributed by atoms with van der Waals surface area (Å²) in [5, 5.41) is 6.07. The number of nitrogens with zero attached hydrogens (tertiary/aromatic N) is 2. The van der Waals surface area contributed by atoms with Crippen molar-refractivity contribution in [2.75, 3.05) is 6.54 Å². The first-order valence-corrected chi connectivity index (χ1v) is 7.92. The van der Waals surface area contributed by atoms with Crippen LogP contribution < -0.4 is 10.9 Å². The molecule has 0 unspecified atom stereocenters. The number of hydrogen-bond acceptors (Lipinski definition) is 3. The van der Waals surface area contributed by atoms with Gasteiger partial charge in [0.15, 0.2) is 5.65 Å². The van der Waals surface area contributed by atoms with Gasteiger partial charge in [0.05, 0.1) is 10.9 Å². The fraction of sp³-hybridized carbons (Fsp3) is 0.562. The highest BCUT2D eigenvalue weighted by Crippen LogP contribution is 2.40. The highest BCUT2D eigenvalue weighted by Gasteiger charge is 2.33. The second kappa shape index (κ2) is 4.69. The van der Waals surface area contributed by atoms with Crippen LogP contribution in [0.15, 0.2) is 10.9 Å². The fourth-order valence-corrected chi connectivity index (χ4v) is 3.05. The molecule has 2 aromatic rings. The first kappa shape index (κ1) is 13.5. The van der Waals surface area contributed by atoms with E-state index in [1.165, 1.54) is 6.42 Å². The molecule has 2 saturated carbocycles. The largest absolute Gasteiger partial charge is 0.352 e. The third kappa shape index (κ3) is 2.23. The minimum absolute atomic E-state index is 0.162. The summed E-state index contributed by atoms with van der Waals surface area (Å²) < 4.78 is 1.60. The van der Waals surface area contributed by atoms with E-state index in [-0.39, 0.29) is 11.5 Å². The van der Waals surface area contributed by atoms with E-state index in [0.29, 0.717) is 40.9 Å². The number of carbonyl (C=O) groups is 1. The smallest absolute Gasteiger partial charge is 0.274 e.